The highest BCUT2D eigenvalue weighted by molar-refractivity contribution is 7.88. The third-order valence-electron chi connectivity index (χ3n) is 5.52. The number of carbonyl (C=O) groups excluding carboxylic acids is 1. The largest absolute Gasteiger partial charge is 0.355 e. The quantitative estimate of drug-likeness (QED) is 0.800. The number of hydrogen-bond acceptors (Lipinski definition) is 3. The van der Waals surface area contributed by atoms with E-state index in [1.807, 2.05) is 38.1 Å². The van der Waals surface area contributed by atoms with Crippen molar-refractivity contribution in [1.29, 1.82) is 0 Å². The summed E-state index contributed by atoms with van der Waals surface area (Å²) in [5, 5.41) is 3.23. The summed E-state index contributed by atoms with van der Waals surface area (Å²) in [6.45, 7) is 4.44. The third kappa shape index (κ3) is 4.09. The molecule has 2 aromatic carbocycles. The lowest BCUT2D eigenvalue weighted by Gasteiger charge is -2.35. The Morgan fingerprint density at radius 1 is 1.14 bits per heavy atom. The van der Waals surface area contributed by atoms with Gasteiger partial charge in [0.05, 0.1) is 5.75 Å². The Bertz CT molecular complexity index is 954. The molecule has 1 saturated heterocycles. The molecule has 0 bridgehead atoms. The molecule has 1 N–H and O–H groups in total. The Hall–Kier alpha value is -1.89. The molecule has 1 aliphatic rings. The van der Waals surface area contributed by atoms with Crippen LogP contribution in [-0.4, -0.2) is 37.8 Å². The molecule has 0 aliphatic carbocycles. The van der Waals surface area contributed by atoms with Crippen LogP contribution in [0.2, 0.25) is 5.02 Å². The molecule has 0 spiro atoms. The lowest BCUT2D eigenvalue weighted by atomic mass is 9.83. The van der Waals surface area contributed by atoms with Crippen molar-refractivity contribution < 1.29 is 13.2 Å². The predicted octanol–water partition coefficient (Wildman–Crippen LogP) is 3.80. The molecule has 5 nitrogen and oxygen atoms in total. The summed E-state index contributed by atoms with van der Waals surface area (Å²) >= 11 is 5.99. The molecule has 7 heteroatoms. The van der Waals surface area contributed by atoms with Crippen LogP contribution in [0.15, 0.2) is 48.5 Å². The van der Waals surface area contributed by atoms with Gasteiger partial charge in [-0.2, -0.15) is 4.31 Å². The molecule has 1 amide bonds. The van der Waals surface area contributed by atoms with E-state index in [1.165, 1.54) is 0 Å². The Kier molecular flexibility index (Phi) is 5.84. The fourth-order valence-corrected chi connectivity index (χ4v) is 6.14. The van der Waals surface area contributed by atoms with Gasteiger partial charge in [0.15, 0.2) is 0 Å². The van der Waals surface area contributed by atoms with E-state index in [0.29, 0.717) is 22.7 Å². The number of amides is 1. The minimum absolute atomic E-state index is 0.0855. The first kappa shape index (κ1) is 20.8. The van der Waals surface area contributed by atoms with Crippen molar-refractivity contribution in [3.05, 3.63) is 70.2 Å². The average molecular weight is 421 g/mol. The SMILES string of the molecule is CNC(=O)c1ccc(CS(=O)(=O)N2CCC(c3ccc(Cl)cc3)C2(C)C)cc1. The number of nitrogens with zero attached hydrogens (tertiary/aromatic N) is 1. The zero-order valence-electron chi connectivity index (χ0n) is 16.3. The van der Waals surface area contributed by atoms with Crippen molar-refractivity contribution in [2.75, 3.05) is 13.6 Å². The van der Waals surface area contributed by atoms with E-state index < -0.39 is 15.6 Å². The summed E-state index contributed by atoms with van der Waals surface area (Å²) in [5.41, 5.74) is 1.74. The molecule has 2 aromatic rings. The van der Waals surface area contributed by atoms with Crippen LogP contribution in [0.1, 0.15) is 47.7 Å². The van der Waals surface area contributed by atoms with Gasteiger partial charge in [-0.3, -0.25) is 4.79 Å². The fourth-order valence-electron chi connectivity index (χ4n) is 4.01. The summed E-state index contributed by atoms with van der Waals surface area (Å²) in [4.78, 5) is 11.7. The number of hydrogen-bond donors (Lipinski definition) is 1. The van der Waals surface area contributed by atoms with Crippen molar-refractivity contribution in [3.8, 4) is 0 Å². The molecule has 0 radical (unpaired) electrons. The van der Waals surface area contributed by atoms with Gasteiger partial charge in [-0.1, -0.05) is 35.9 Å². The van der Waals surface area contributed by atoms with Crippen molar-refractivity contribution in [1.82, 2.24) is 9.62 Å². The fraction of sp³-hybridized carbons (Fsp3) is 0.381. The van der Waals surface area contributed by atoms with E-state index in [9.17, 15) is 13.2 Å². The molecule has 0 saturated carbocycles. The molecule has 1 aliphatic heterocycles. The Labute approximate surface area is 171 Å². The standard InChI is InChI=1S/C21H25ClN2O3S/c1-21(2)19(16-8-10-18(22)11-9-16)12-13-24(21)28(26,27)14-15-4-6-17(7-5-15)20(25)23-3/h4-11,19H,12-14H2,1-3H3,(H,23,25). The van der Waals surface area contributed by atoms with Gasteiger partial charge >= 0.3 is 0 Å². The number of halogens is 1. The zero-order valence-corrected chi connectivity index (χ0v) is 17.8. The van der Waals surface area contributed by atoms with E-state index >= 15 is 0 Å². The van der Waals surface area contributed by atoms with Crippen molar-refractivity contribution in [2.45, 2.75) is 37.5 Å². The second kappa shape index (κ2) is 7.85. The van der Waals surface area contributed by atoms with Crippen LogP contribution in [0.4, 0.5) is 0 Å². The first-order chi connectivity index (χ1) is 13.1. The Balaban J connectivity index is 1.80. The van der Waals surface area contributed by atoms with Gasteiger partial charge in [-0.25, -0.2) is 8.42 Å². The number of nitrogens with one attached hydrogen (secondary N) is 1. The van der Waals surface area contributed by atoms with Crippen molar-refractivity contribution >= 4 is 27.5 Å². The first-order valence-electron chi connectivity index (χ1n) is 9.22. The van der Waals surface area contributed by atoms with E-state index in [-0.39, 0.29) is 17.6 Å². The lowest BCUT2D eigenvalue weighted by molar-refractivity contribution is 0.0963. The van der Waals surface area contributed by atoms with Crippen LogP contribution in [0, 0.1) is 0 Å². The van der Waals surface area contributed by atoms with Crippen LogP contribution in [0.25, 0.3) is 0 Å². The highest BCUT2D eigenvalue weighted by atomic mass is 35.5. The van der Waals surface area contributed by atoms with Gasteiger partial charge in [-0.15, -0.1) is 0 Å². The maximum atomic E-state index is 13.1. The highest BCUT2D eigenvalue weighted by Gasteiger charge is 2.47. The van der Waals surface area contributed by atoms with Gasteiger partial charge in [0, 0.05) is 35.6 Å². The van der Waals surface area contributed by atoms with E-state index in [1.54, 1.807) is 35.6 Å². The normalized spacial score (nSPS) is 19.5. The van der Waals surface area contributed by atoms with Crippen LogP contribution >= 0.6 is 11.6 Å². The van der Waals surface area contributed by atoms with Crippen molar-refractivity contribution in [2.24, 2.45) is 0 Å². The van der Waals surface area contributed by atoms with Crippen LogP contribution in [0.5, 0.6) is 0 Å². The van der Waals surface area contributed by atoms with Gasteiger partial charge < -0.3 is 5.32 Å². The highest BCUT2D eigenvalue weighted by Crippen LogP contribution is 2.44. The van der Waals surface area contributed by atoms with Gasteiger partial charge in [0.25, 0.3) is 5.91 Å². The summed E-state index contributed by atoms with van der Waals surface area (Å²) in [5.74, 6) is -0.173. The van der Waals surface area contributed by atoms with Gasteiger partial charge in [-0.05, 0) is 55.7 Å². The Morgan fingerprint density at radius 3 is 2.32 bits per heavy atom. The molecule has 3 rings (SSSR count). The molecule has 1 unspecified atom stereocenters. The summed E-state index contributed by atoms with van der Waals surface area (Å²) in [6.07, 6.45) is 0.767. The Morgan fingerprint density at radius 2 is 1.75 bits per heavy atom. The predicted molar refractivity (Wildman–Crippen MR) is 112 cm³/mol. The molecule has 1 heterocycles. The van der Waals surface area contributed by atoms with Gasteiger partial charge in [0.2, 0.25) is 10.0 Å². The lowest BCUT2D eigenvalue weighted by Crippen LogP contribution is -2.45. The summed E-state index contributed by atoms with van der Waals surface area (Å²) < 4.78 is 27.9. The van der Waals surface area contributed by atoms with Crippen molar-refractivity contribution in [3.63, 3.8) is 0 Å². The van der Waals surface area contributed by atoms with Gasteiger partial charge in [0.1, 0.15) is 0 Å². The smallest absolute Gasteiger partial charge is 0.251 e. The minimum Gasteiger partial charge on any atom is -0.355 e. The zero-order chi connectivity index (χ0) is 20.5. The van der Waals surface area contributed by atoms with Crippen LogP contribution in [0.3, 0.4) is 0 Å². The molecule has 1 atom stereocenters. The number of benzene rings is 2. The monoisotopic (exact) mass is 420 g/mol. The van der Waals surface area contributed by atoms with E-state index in [2.05, 4.69) is 5.32 Å². The third-order valence-corrected chi connectivity index (χ3v) is 7.79. The first-order valence-corrected chi connectivity index (χ1v) is 11.2. The number of carbonyl (C=O) groups is 1. The van der Waals surface area contributed by atoms with E-state index in [4.69, 9.17) is 11.6 Å². The maximum Gasteiger partial charge on any atom is 0.251 e. The number of rotatable bonds is 5. The second-order valence-corrected chi connectivity index (χ2v) is 9.98. The summed E-state index contributed by atoms with van der Waals surface area (Å²) in [6, 6.07) is 14.3. The molecule has 150 valence electrons. The number of sulfonamides is 1. The molecule has 28 heavy (non-hydrogen) atoms. The molecular formula is C21H25ClN2O3S. The average Bonchev–Trinajstić information content (AvgIpc) is 2.97. The molecular weight excluding hydrogens is 396 g/mol. The molecule has 0 aromatic heterocycles. The van der Waals surface area contributed by atoms with Crippen LogP contribution in [-0.2, 0) is 15.8 Å². The minimum atomic E-state index is -3.50. The summed E-state index contributed by atoms with van der Waals surface area (Å²) in [7, 11) is -1.94. The maximum absolute atomic E-state index is 13.1. The molecule has 1 fully saturated rings. The second-order valence-electron chi connectivity index (χ2n) is 7.65. The van der Waals surface area contributed by atoms with E-state index in [0.717, 1.165) is 12.0 Å². The topological polar surface area (TPSA) is 66.5 Å². The van der Waals surface area contributed by atoms with Crippen LogP contribution < -0.4 is 5.32 Å².